The van der Waals surface area contributed by atoms with E-state index in [0.717, 1.165) is 44.2 Å². The molecule has 23 heavy (non-hydrogen) atoms. The molecule has 4 aliphatic rings. The summed E-state index contributed by atoms with van der Waals surface area (Å²) in [6.45, 7) is 7.55. The van der Waals surface area contributed by atoms with Gasteiger partial charge in [0.15, 0.2) is 17.3 Å². The number of Topliss-reactive ketones (excluding diaryl/α,β-unsaturated/α-hetero) is 2. The molecule has 4 atom stereocenters. The summed E-state index contributed by atoms with van der Waals surface area (Å²) < 4.78 is 0. The van der Waals surface area contributed by atoms with Gasteiger partial charge in [0.25, 0.3) is 0 Å². The second-order valence-corrected chi connectivity index (χ2v) is 8.71. The lowest BCUT2D eigenvalue weighted by Gasteiger charge is -2.63. The maximum Gasteiger partial charge on any atom is 0.197 e. The second kappa shape index (κ2) is 4.47. The molecule has 1 N–H and O–H groups in total. The fourth-order valence-electron chi connectivity index (χ4n) is 6.46. The Morgan fingerprint density at radius 1 is 1.04 bits per heavy atom. The number of aliphatic hydroxyl groups is 1. The Hall–Kier alpha value is -1.16. The summed E-state index contributed by atoms with van der Waals surface area (Å²) in [6.07, 6.45) is 5.59. The highest BCUT2D eigenvalue weighted by molar-refractivity contribution is 5.95. The third kappa shape index (κ3) is 1.71. The molecule has 0 radical (unpaired) electrons. The lowest BCUT2D eigenvalue weighted by molar-refractivity contribution is -0.144. The summed E-state index contributed by atoms with van der Waals surface area (Å²) >= 11 is 0. The highest BCUT2D eigenvalue weighted by atomic mass is 16.3. The number of ketones is 2. The average molecular weight is 317 g/mol. The Bertz CT molecular complexity index is 639. The van der Waals surface area contributed by atoms with Crippen molar-refractivity contribution in [1.82, 2.24) is 4.90 Å². The van der Waals surface area contributed by atoms with Crippen molar-refractivity contribution in [1.29, 1.82) is 0 Å². The molecule has 4 heteroatoms. The van der Waals surface area contributed by atoms with E-state index in [4.69, 9.17) is 0 Å². The number of carbonyl (C=O) groups excluding carboxylic acids is 2. The number of hydrogen-bond donors (Lipinski definition) is 1. The minimum absolute atomic E-state index is 0.00191. The number of fused-ring (bicyclic) bond motifs is 5. The molecule has 0 aromatic carbocycles. The summed E-state index contributed by atoms with van der Waals surface area (Å²) in [5.41, 5.74) is 0.594. The van der Waals surface area contributed by atoms with Gasteiger partial charge in [0.1, 0.15) is 0 Å². The molecule has 4 rings (SSSR count). The van der Waals surface area contributed by atoms with Crippen LogP contribution in [0.15, 0.2) is 11.3 Å². The van der Waals surface area contributed by atoms with E-state index in [1.54, 1.807) is 0 Å². The van der Waals surface area contributed by atoms with E-state index in [-0.39, 0.29) is 28.0 Å². The van der Waals surface area contributed by atoms with Crippen LogP contribution in [-0.4, -0.2) is 39.2 Å². The van der Waals surface area contributed by atoms with Crippen LogP contribution in [0.25, 0.3) is 0 Å². The molecule has 1 saturated carbocycles. The summed E-state index contributed by atoms with van der Waals surface area (Å²) in [7, 11) is 0. The van der Waals surface area contributed by atoms with E-state index in [9.17, 15) is 14.7 Å². The maximum absolute atomic E-state index is 12.5. The van der Waals surface area contributed by atoms with Gasteiger partial charge in [-0.1, -0.05) is 6.92 Å². The van der Waals surface area contributed by atoms with Gasteiger partial charge in [-0.15, -0.1) is 0 Å². The summed E-state index contributed by atoms with van der Waals surface area (Å²) in [5, 5.41) is 10.4. The Kier molecular flexibility index (Phi) is 2.99. The first-order valence-corrected chi connectivity index (χ1v) is 9.00. The van der Waals surface area contributed by atoms with Crippen molar-refractivity contribution in [2.24, 2.45) is 11.3 Å². The number of allylic oxidation sites excluding steroid dienone is 2. The van der Waals surface area contributed by atoms with E-state index in [1.165, 1.54) is 0 Å². The third-order valence-corrected chi connectivity index (χ3v) is 7.81. The van der Waals surface area contributed by atoms with E-state index in [1.807, 2.05) is 0 Å². The van der Waals surface area contributed by atoms with Crippen LogP contribution in [0.4, 0.5) is 0 Å². The lowest BCUT2D eigenvalue weighted by Crippen LogP contribution is -2.68. The van der Waals surface area contributed by atoms with Crippen molar-refractivity contribution in [3.8, 4) is 0 Å². The first kappa shape index (κ1) is 15.4. The molecule has 2 aliphatic heterocycles. The molecule has 0 aromatic heterocycles. The molecular weight excluding hydrogens is 290 g/mol. The molecule has 2 unspecified atom stereocenters. The van der Waals surface area contributed by atoms with Crippen LogP contribution in [0, 0.1) is 11.3 Å². The summed E-state index contributed by atoms with van der Waals surface area (Å²) in [5.74, 6) is 0.767. The van der Waals surface area contributed by atoms with E-state index in [2.05, 4.69) is 25.7 Å². The molecule has 0 aromatic rings. The average Bonchev–Trinajstić information content (AvgIpc) is 2.80. The molecule has 0 bridgehead atoms. The van der Waals surface area contributed by atoms with Gasteiger partial charge in [-0.2, -0.15) is 0 Å². The zero-order valence-electron chi connectivity index (χ0n) is 14.4. The molecule has 2 heterocycles. The smallest absolute Gasteiger partial charge is 0.197 e. The highest BCUT2D eigenvalue weighted by Gasteiger charge is 2.63. The summed E-state index contributed by atoms with van der Waals surface area (Å²) in [6, 6.07) is 0. The van der Waals surface area contributed by atoms with Crippen LogP contribution in [0.5, 0.6) is 0 Å². The van der Waals surface area contributed by atoms with E-state index in [0.29, 0.717) is 24.5 Å². The fraction of sp³-hybridized carbons (Fsp3) is 0.789. The molecule has 126 valence electrons. The van der Waals surface area contributed by atoms with Crippen LogP contribution < -0.4 is 0 Å². The van der Waals surface area contributed by atoms with Gasteiger partial charge in [-0.3, -0.25) is 14.5 Å². The zero-order chi connectivity index (χ0) is 16.6. The third-order valence-electron chi connectivity index (χ3n) is 7.81. The molecule has 3 fully saturated rings. The van der Waals surface area contributed by atoms with Gasteiger partial charge in [-0.25, -0.2) is 0 Å². The van der Waals surface area contributed by atoms with Crippen LogP contribution in [0.2, 0.25) is 0 Å². The van der Waals surface area contributed by atoms with Crippen molar-refractivity contribution in [2.45, 2.75) is 76.8 Å². The predicted molar refractivity (Wildman–Crippen MR) is 87.1 cm³/mol. The van der Waals surface area contributed by atoms with Gasteiger partial charge in [0.2, 0.25) is 0 Å². The Morgan fingerprint density at radius 2 is 1.78 bits per heavy atom. The number of piperidine rings is 1. The topological polar surface area (TPSA) is 57.6 Å². The van der Waals surface area contributed by atoms with Crippen LogP contribution >= 0.6 is 0 Å². The van der Waals surface area contributed by atoms with Crippen molar-refractivity contribution in [3.05, 3.63) is 11.3 Å². The number of nitrogens with zero attached hydrogens (tertiary/aromatic N) is 1. The standard InChI is InChI=1S/C19H27NO3/c1-17-8-5-13(21)16(23)12(17)4-9-18(2)14(17)6-10-19(3)15(22)7-11-20(18)19/h14,23H,4-11H2,1-3H3/t14?,17-,18?,19+/m0/s1. The monoisotopic (exact) mass is 317 g/mol. The van der Waals surface area contributed by atoms with Gasteiger partial charge in [0, 0.05) is 24.9 Å². The van der Waals surface area contributed by atoms with Crippen molar-refractivity contribution < 1.29 is 14.7 Å². The van der Waals surface area contributed by atoms with Crippen molar-refractivity contribution in [2.75, 3.05) is 6.54 Å². The minimum atomic E-state index is -0.296. The predicted octanol–water partition coefficient (Wildman–Crippen LogP) is 3.16. The SMILES string of the molecule is CC12CCC3=C(O)C(=O)CC[C@]3(C)C1CC[C@]1(C)C(=O)CCN21. The first-order chi connectivity index (χ1) is 10.7. The molecule has 2 saturated heterocycles. The minimum Gasteiger partial charge on any atom is -0.504 e. The first-order valence-electron chi connectivity index (χ1n) is 9.00. The molecule has 0 spiro atoms. The Morgan fingerprint density at radius 3 is 2.52 bits per heavy atom. The highest BCUT2D eigenvalue weighted by Crippen LogP contribution is 2.62. The van der Waals surface area contributed by atoms with Gasteiger partial charge in [0.05, 0.1) is 5.54 Å². The number of rotatable bonds is 0. The van der Waals surface area contributed by atoms with E-state index >= 15 is 0 Å². The number of hydrogen-bond acceptors (Lipinski definition) is 4. The molecule has 0 amide bonds. The molecule has 2 aliphatic carbocycles. The molecular formula is C19H27NO3. The second-order valence-electron chi connectivity index (χ2n) is 8.71. The van der Waals surface area contributed by atoms with Crippen molar-refractivity contribution >= 4 is 11.6 Å². The Balaban J connectivity index is 1.80. The molecule has 4 nitrogen and oxygen atoms in total. The lowest BCUT2D eigenvalue weighted by atomic mass is 9.50. The zero-order valence-corrected chi connectivity index (χ0v) is 14.4. The largest absolute Gasteiger partial charge is 0.504 e. The number of carbonyl (C=O) groups is 2. The van der Waals surface area contributed by atoms with E-state index < -0.39 is 0 Å². The fourth-order valence-corrected chi connectivity index (χ4v) is 6.46. The summed E-state index contributed by atoms with van der Waals surface area (Å²) in [4.78, 5) is 26.9. The van der Waals surface area contributed by atoms with Crippen LogP contribution in [-0.2, 0) is 9.59 Å². The number of aliphatic hydroxyl groups excluding tert-OH is 1. The van der Waals surface area contributed by atoms with Gasteiger partial charge in [-0.05, 0) is 62.9 Å². The maximum atomic E-state index is 12.5. The Labute approximate surface area is 137 Å². The van der Waals surface area contributed by atoms with Crippen LogP contribution in [0.3, 0.4) is 0 Å². The van der Waals surface area contributed by atoms with Gasteiger partial charge < -0.3 is 5.11 Å². The normalized spacial score (nSPS) is 47.3. The van der Waals surface area contributed by atoms with Gasteiger partial charge >= 0.3 is 0 Å². The quantitative estimate of drug-likeness (QED) is 0.745. The van der Waals surface area contributed by atoms with Crippen LogP contribution in [0.1, 0.15) is 65.7 Å². The van der Waals surface area contributed by atoms with Crippen molar-refractivity contribution in [3.63, 3.8) is 0 Å².